The molecule has 1 aromatic rings. The molecule has 1 nitrogen and oxygen atoms in total. The number of rotatable bonds is 0. The van der Waals surface area contributed by atoms with Crippen LogP contribution >= 0.6 is 0 Å². The van der Waals surface area contributed by atoms with E-state index < -0.39 is 0 Å². The van der Waals surface area contributed by atoms with Gasteiger partial charge in [-0.15, -0.1) is 0 Å². The Morgan fingerprint density at radius 1 is 1.25 bits per heavy atom. The first kappa shape index (κ1) is 11.1. The van der Waals surface area contributed by atoms with Crippen molar-refractivity contribution in [1.29, 1.82) is 0 Å². The maximum absolute atomic E-state index is 3.66. The Morgan fingerprint density at radius 2 is 2.00 bits per heavy atom. The van der Waals surface area contributed by atoms with Crippen LogP contribution in [0.5, 0.6) is 0 Å². The monoisotopic (exact) mass is 182 g/mol. The van der Waals surface area contributed by atoms with Crippen LogP contribution in [0, 0.1) is 13.6 Å². The van der Waals surface area contributed by atoms with Crippen molar-refractivity contribution < 1.29 is 32.7 Å². The van der Waals surface area contributed by atoms with Gasteiger partial charge in [-0.3, -0.25) is 0 Å². The number of aromatic nitrogens is 1. The molecule has 0 atom stereocenters. The minimum absolute atomic E-state index is 0. The number of hydrogen-bond acceptors (Lipinski definition) is 1. The van der Waals surface area contributed by atoms with Crippen molar-refractivity contribution in [3.05, 3.63) is 38.0 Å². The van der Waals surface area contributed by atoms with Gasteiger partial charge in [0, 0.05) is 32.7 Å². The molecule has 0 saturated heterocycles. The summed E-state index contributed by atoms with van der Waals surface area (Å²) >= 11 is 0. The van der Waals surface area contributed by atoms with Crippen molar-refractivity contribution in [2.24, 2.45) is 0 Å². The van der Waals surface area contributed by atoms with Crippen LogP contribution in [0.1, 0.15) is 0 Å². The minimum atomic E-state index is 0. The van der Waals surface area contributed by atoms with E-state index in [4.69, 9.17) is 0 Å². The van der Waals surface area contributed by atoms with Crippen molar-refractivity contribution in [3.63, 3.8) is 0 Å². The van der Waals surface area contributed by atoms with Crippen LogP contribution in [0.15, 0.2) is 24.4 Å². The zero-order valence-corrected chi connectivity index (χ0v) is 7.67. The maximum Gasteiger partial charge on any atom is 0 e. The third-order valence-electron chi connectivity index (χ3n) is 0.517. The number of pyridine rings is 1. The van der Waals surface area contributed by atoms with Crippen molar-refractivity contribution in [2.75, 3.05) is 0 Å². The van der Waals surface area contributed by atoms with Gasteiger partial charge in [0.2, 0.25) is 0 Å². The molecule has 1 radical (unpaired) electrons. The molecule has 1 rings (SSSR count). The molecule has 0 unspecified atom stereocenters. The van der Waals surface area contributed by atoms with Gasteiger partial charge in [0.05, 0.1) is 0 Å². The normalized spacial score (nSPS) is 6.00. The quantitative estimate of drug-likeness (QED) is 0.551. The first-order chi connectivity index (χ1) is 3.00. The molecule has 0 spiro atoms. The van der Waals surface area contributed by atoms with Gasteiger partial charge in [0.15, 0.2) is 0 Å². The van der Waals surface area contributed by atoms with E-state index in [1.54, 1.807) is 12.3 Å². The molecule has 0 fully saturated rings. The van der Waals surface area contributed by atoms with E-state index >= 15 is 0 Å². The van der Waals surface area contributed by atoms with Crippen LogP contribution in [-0.2, 0) is 32.7 Å². The fourth-order valence-corrected chi connectivity index (χ4v) is 0.277. The van der Waals surface area contributed by atoms with E-state index in [0.717, 1.165) is 0 Å². The second kappa shape index (κ2) is 7.25. The van der Waals surface area contributed by atoms with E-state index in [0.29, 0.717) is 0 Å². The van der Waals surface area contributed by atoms with Gasteiger partial charge in [0.1, 0.15) is 0 Å². The zero-order valence-electron chi connectivity index (χ0n) is 4.83. The predicted octanol–water partition coefficient (Wildman–Crippen LogP) is 1.33. The summed E-state index contributed by atoms with van der Waals surface area (Å²) < 4.78 is 0. The fraction of sp³-hybridized carbons (Fsp3) is 0. The molecular formula is C6H7NY-2. The van der Waals surface area contributed by atoms with Crippen LogP contribution < -0.4 is 0 Å². The molecule has 0 saturated carbocycles. The van der Waals surface area contributed by atoms with Gasteiger partial charge >= 0.3 is 0 Å². The fourth-order valence-electron chi connectivity index (χ4n) is 0.277. The SMILES string of the molecule is [CH3-].[Y].[c-]1ccccn1. The Labute approximate surface area is 75.4 Å². The summed E-state index contributed by atoms with van der Waals surface area (Å²) in [6.45, 7) is 0. The zero-order chi connectivity index (χ0) is 4.24. The molecule has 0 aliphatic carbocycles. The average Bonchev–Trinajstić information content (AvgIpc) is 1.72. The number of hydrogen-bond donors (Lipinski definition) is 0. The molecule has 0 amide bonds. The summed E-state index contributed by atoms with van der Waals surface area (Å²) in [5.41, 5.74) is 0. The van der Waals surface area contributed by atoms with Crippen LogP contribution in [0.25, 0.3) is 0 Å². The van der Waals surface area contributed by atoms with Gasteiger partial charge in [-0.05, 0) is 0 Å². The molecule has 0 aromatic carbocycles. The Hall–Kier alpha value is 0.254. The molecule has 0 aliphatic heterocycles. The van der Waals surface area contributed by atoms with Crippen molar-refractivity contribution in [2.45, 2.75) is 0 Å². The smallest absolute Gasteiger partial charge is 0 e. The largest absolute Gasteiger partial charge is 0.394 e. The summed E-state index contributed by atoms with van der Waals surface area (Å²) in [5.74, 6) is 0. The summed E-state index contributed by atoms with van der Waals surface area (Å²) in [6, 6.07) is 5.50. The van der Waals surface area contributed by atoms with Gasteiger partial charge in [0.25, 0.3) is 0 Å². The summed E-state index contributed by atoms with van der Waals surface area (Å²) in [5, 5.41) is 0. The molecular weight excluding hydrogens is 175 g/mol. The molecule has 41 valence electrons. The topological polar surface area (TPSA) is 12.9 Å². The summed E-state index contributed by atoms with van der Waals surface area (Å²) in [6.07, 6.45) is 4.34. The molecule has 1 heterocycles. The van der Waals surface area contributed by atoms with E-state index in [1.807, 2.05) is 12.1 Å². The van der Waals surface area contributed by atoms with Crippen LogP contribution in [0.2, 0.25) is 0 Å². The van der Waals surface area contributed by atoms with Crippen LogP contribution in [-0.4, -0.2) is 4.98 Å². The third-order valence-corrected chi connectivity index (χ3v) is 0.517. The van der Waals surface area contributed by atoms with Crippen molar-refractivity contribution >= 4 is 0 Å². The Balaban J connectivity index is 0. The average molecular weight is 182 g/mol. The molecule has 0 aliphatic rings. The number of nitrogens with zero attached hydrogens (tertiary/aromatic N) is 1. The van der Waals surface area contributed by atoms with Gasteiger partial charge in [-0.25, -0.2) is 0 Å². The van der Waals surface area contributed by atoms with E-state index in [-0.39, 0.29) is 40.1 Å². The maximum atomic E-state index is 3.66. The van der Waals surface area contributed by atoms with Crippen LogP contribution in [0.3, 0.4) is 0 Å². The van der Waals surface area contributed by atoms with Crippen molar-refractivity contribution in [1.82, 2.24) is 4.98 Å². The second-order valence-electron chi connectivity index (χ2n) is 0.959. The Bertz CT molecular complexity index is 80.5. The third kappa shape index (κ3) is 4.41. The molecule has 0 N–H and O–H groups in total. The Kier molecular flexibility index (Phi) is 10.1. The summed E-state index contributed by atoms with van der Waals surface area (Å²) in [4.78, 5) is 3.66. The van der Waals surface area contributed by atoms with Crippen molar-refractivity contribution in [3.8, 4) is 0 Å². The molecule has 2 heteroatoms. The summed E-state index contributed by atoms with van der Waals surface area (Å²) in [7, 11) is 0. The van der Waals surface area contributed by atoms with Gasteiger partial charge < -0.3 is 12.4 Å². The second-order valence-corrected chi connectivity index (χ2v) is 0.959. The molecule has 0 bridgehead atoms. The van der Waals surface area contributed by atoms with Crippen LogP contribution in [0.4, 0.5) is 0 Å². The standard InChI is InChI=1S/C5H4N.CH3.Y/c1-2-4-6-5-3-1;;/h1-4H;1H3;/q2*-1;. The molecule has 1 aromatic heterocycles. The molecule has 8 heavy (non-hydrogen) atoms. The van der Waals surface area contributed by atoms with E-state index in [2.05, 4.69) is 11.2 Å². The first-order valence-corrected chi connectivity index (χ1v) is 1.77. The Morgan fingerprint density at radius 3 is 2.12 bits per heavy atom. The van der Waals surface area contributed by atoms with Gasteiger partial charge in [-0.2, -0.15) is 18.2 Å². The predicted molar refractivity (Wildman–Crippen MR) is 29.5 cm³/mol. The minimum Gasteiger partial charge on any atom is -0.394 e. The van der Waals surface area contributed by atoms with E-state index in [9.17, 15) is 0 Å². The van der Waals surface area contributed by atoms with E-state index in [1.165, 1.54) is 0 Å². The van der Waals surface area contributed by atoms with Gasteiger partial charge in [-0.1, -0.05) is 12.4 Å². The first-order valence-electron chi connectivity index (χ1n) is 1.77.